The zero-order valence-electron chi connectivity index (χ0n) is 18.8. The van der Waals surface area contributed by atoms with E-state index in [1.807, 2.05) is 25.1 Å². The second kappa shape index (κ2) is 8.57. The predicted octanol–water partition coefficient (Wildman–Crippen LogP) is 4.35. The van der Waals surface area contributed by atoms with Gasteiger partial charge in [-0.15, -0.1) is 0 Å². The van der Waals surface area contributed by atoms with Crippen molar-refractivity contribution in [2.45, 2.75) is 40.3 Å². The van der Waals surface area contributed by atoms with Gasteiger partial charge in [-0.25, -0.2) is 4.99 Å². The number of hydrogen-bond acceptors (Lipinski definition) is 4. The highest BCUT2D eigenvalue weighted by molar-refractivity contribution is 6.18. The molecule has 0 atom stereocenters. The Balaban J connectivity index is 1.88. The third-order valence-electron chi connectivity index (χ3n) is 5.60. The molecular formula is C25H30N4O2. The van der Waals surface area contributed by atoms with Crippen molar-refractivity contribution < 1.29 is 9.84 Å². The van der Waals surface area contributed by atoms with Gasteiger partial charge in [-0.2, -0.15) is 0 Å². The number of H-pyrrole nitrogens is 2. The molecule has 2 aromatic heterocycles. The Hall–Kier alpha value is -3.09. The molecule has 6 nitrogen and oxygen atoms in total. The standard InChI is InChI=1S/C25H30N4O2/c1-14(2)26-12-18-17-8-6-7-9-20(17)28-23(18)24-19(13-30)25(31-5)22(29-24)11-21-15(3)10-16(4)27-21/h6-11,14,26-28,30H,12-13H2,1-5H3/b22-11-. The van der Waals surface area contributed by atoms with E-state index in [9.17, 15) is 5.11 Å². The molecule has 6 heteroatoms. The Morgan fingerprint density at radius 2 is 1.97 bits per heavy atom. The van der Waals surface area contributed by atoms with Gasteiger partial charge in [0.2, 0.25) is 0 Å². The molecule has 3 aromatic rings. The number of hydrogen-bond donors (Lipinski definition) is 4. The fourth-order valence-corrected chi connectivity index (χ4v) is 4.11. The second-order valence-corrected chi connectivity index (χ2v) is 8.27. The SMILES string of the molecule is COC1=C(CO)C(c2[nH]c3ccccc3c2CNC(C)C)=N/C1=C\c1[nH]c(C)cc1C. The van der Waals surface area contributed by atoms with Crippen LogP contribution in [-0.2, 0) is 11.3 Å². The largest absolute Gasteiger partial charge is 0.494 e. The summed E-state index contributed by atoms with van der Waals surface area (Å²) in [6, 6.07) is 10.7. The van der Waals surface area contributed by atoms with Gasteiger partial charge in [0.05, 0.1) is 25.1 Å². The van der Waals surface area contributed by atoms with Crippen LogP contribution in [0.15, 0.2) is 52.4 Å². The Labute approximate surface area is 182 Å². The van der Waals surface area contributed by atoms with Gasteiger partial charge in [0.1, 0.15) is 5.70 Å². The summed E-state index contributed by atoms with van der Waals surface area (Å²) >= 11 is 0. The van der Waals surface area contributed by atoms with E-state index < -0.39 is 0 Å². The van der Waals surface area contributed by atoms with Gasteiger partial charge in [-0.3, -0.25) is 0 Å². The topological polar surface area (TPSA) is 85.4 Å². The lowest BCUT2D eigenvalue weighted by Gasteiger charge is -2.11. The summed E-state index contributed by atoms with van der Waals surface area (Å²) in [5, 5.41) is 14.9. The molecule has 0 fully saturated rings. The van der Waals surface area contributed by atoms with E-state index in [1.165, 1.54) is 0 Å². The van der Waals surface area contributed by atoms with Crippen LogP contribution in [0.1, 0.15) is 42.1 Å². The number of aliphatic hydroxyl groups excluding tert-OH is 1. The van der Waals surface area contributed by atoms with Crippen LogP contribution in [0.2, 0.25) is 0 Å². The molecule has 0 saturated carbocycles. The molecule has 0 spiro atoms. The number of aryl methyl sites for hydroxylation is 2. The number of methoxy groups -OCH3 is 1. The molecule has 0 radical (unpaired) electrons. The molecular weight excluding hydrogens is 388 g/mol. The summed E-state index contributed by atoms with van der Waals surface area (Å²) in [4.78, 5) is 11.8. The highest BCUT2D eigenvalue weighted by atomic mass is 16.5. The van der Waals surface area contributed by atoms with Gasteiger partial charge in [-0.1, -0.05) is 32.0 Å². The van der Waals surface area contributed by atoms with Crippen molar-refractivity contribution in [1.82, 2.24) is 15.3 Å². The number of aromatic nitrogens is 2. The van der Waals surface area contributed by atoms with Crippen LogP contribution in [0.5, 0.6) is 0 Å². The summed E-state index contributed by atoms with van der Waals surface area (Å²) in [6.45, 7) is 8.89. The zero-order valence-corrected chi connectivity index (χ0v) is 18.8. The van der Waals surface area contributed by atoms with Crippen molar-refractivity contribution in [2.75, 3.05) is 13.7 Å². The van der Waals surface area contributed by atoms with E-state index in [-0.39, 0.29) is 6.61 Å². The molecule has 0 aliphatic carbocycles. The van der Waals surface area contributed by atoms with E-state index >= 15 is 0 Å². The van der Waals surface area contributed by atoms with Gasteiger partial charge >= 0.3 is 0 Å². The lowest BCUT2D eigenvalue weighted by Crippen LogP contribution is -2.23. The van der Waals surface area contributed by atoms with Gasteiger partial charge in [0.15, 0.2) is 5.76 Å². The van der Waals surface area contributed by atoms with Crippen LogP contribution in [0, 0.1) is 13.8 Å². The van der Waals surface area contributed by atoms with Crippen molar-refractivity contribution in [3.8, 4) is 0 Å². The number of nitrogens with zero attached hydrogens (tertiary/aromatic N) is 1. The summed E-state index contributed by atoms with van der Waals surface area (Å²) in [5.41, 5.74) is 8.43. The van der Waals surface area contributed by atoms with E-state index in [4.69, 9.17) is 9.73 Å². The first-order chi connectivity index (χ1) is 14.9. The van der Waals surface area contributed by atoms with Crippen LogP contribution < -0.4 is 5.32 Å². The zero-order chi connectivity index (χ0) is 22.1. The molecule has 0 unspecified atom stereocenters. The highest BCUT2D eigenvalue weighted by Crippen LogP contribution is 2.33. The summed E-state index contributed by atoms with van der Waals surface area (Å²) in [5.74, 6) is 0.602. The second-order valence-electron chi connectivity index (χ2n) is 8.27. The molecule has 0 amide bonds. The maximum Gasteiger partial charge on any atom is 0.152 e. The lowest BCUT2D eigenvalue weighted by atomic mass is 10.0. The van der Waals surface area contributed by atoms with Crippen molar-refractivity contribution in [3.63, 3.8) is 0 Å². The maximum absolute atomic E-state index is 10.2. The average Bonchev–Trinajstić information content (AvgIpc) is 3.38. The summed E-state index contributed by atoms with van der Waals surface area (Å²) in [6.07, 6.45) is 1.98. The van der Waals surface area contributed by atoms with E-state index in [1.54, 1.807) is 7.11 Å². The monoisotopic (exact) mass is 418 g/mol. The Bertz CT molecular complexity index is 1210. The molecule has 31 heavy (non-hydrogen) atoms. The van der Waals surface area contributed by atoms with Gasteiger partial charge < -0.3 is 25.1 Å². The molecule has 1 aromatic carbocycles. The first-order valence-corrected chi connectivity index (χ1v) is 10.6. The van der Waals surface area contributed by atoms with Crippen LogP contribution >= 0.6 is 0 Å². The highest BCUT2D eigenvalue weighted by Gasteiger charge is 2.29. The Kier molecular flexibility index (Phi) is 5.85. The molecule has 1 aliphatic heterocycles. The maximum atomic E-state index is 10.2. The van der Waals surface area contributed by atoms with Gasteiger partial charge in [-0.05, 0) is 37.6 Å². The van der Waals surface area contributed by atoms with Gasteiger partial charge in [0.25, 0.3) is 0 Å². The minimum absolute atomic E-state index is 0.158. The number of aromatic amines is 2. The number of aliphatic hydroxyl groups is 1. The summed E-state index contributed by atoms with van der Waals surface area (Å²) < 4.78 is 5.70. The number of fused-ring (bicyclic) bond motifs is 1. The molecule has 4 N–H and O–H groups in total. The third-order valence-corrected chi connectivity index (χ3v) is 5.60. The third kappa shape index (κ3) is 3.96. The van der Waals surface area contributed by atoms with Crippen LogP contribution in [0.25, 0.3) is 17.0 Å². The van der Waals surface area contributed by atoms with Crippen LogP contribution in [-0.4, -0.2) is 40.5 Å². The minimum atomic E-state index is -0.158. The molecule has 0 bridgehead atoms. The number of rotatable bonds is 7. The number of para-hydroxylation sites is 1. The van der Waals surface area contributed by atoms with Crippen LogP contribution in [0.3, 0.4) is 0 Å². The van der Waals surface area contributed by atoms with E-state index in [0.29, 0.717) is 29.6 Å². The smallest absolute Gasteiger partial charge is 0.152 e. The molecule has 3 heterocycles. The fourth-order valence-electron chi connectivity index (χ4n) is 4.11. The Morgan fingerprint density at radius 3 is 2.61 bits per heavy atom. The number of benzene rings is 1. The van der Waals surface area contributed by atoms with Crippen molar-refractivity contribution >= 4 is 22.7 Å². The van der Waals surface area contributed by atoms with Crippen LogP contribution in [0.4, 0.5) is 0 Å². The quantitative estimate of drug-likeness (QED) is 0.460. The first kappa shape index (κ1) is 21.2. The molecule has 162 valence electrons. The predicted molar refractivity (Wildman–Crippen MR) is 126 cm³/mol. The number of ether oxygens (including phenoxy) is 1. The van der Waals surface area contributed by atoms with Crippen molar-refractivity contribution in [3.05, 3.63) is 75.6 Å². The molecule has 1 aliphatic rings. The lowest BCUT2D eigenvalue weighted by molar-refractivity contribution is 0.283. The average molecular weight is 419 g/mol. The van der Waals surface area contributed by atoms with Crippen molar-refractivity contribution in [1.29, 1.82) is 0 Å². The molecule has 4 rings (SSSR count). The van der Waals surface area contributed by atoms with E-state index in [0.717, 1.165) is 44.8 Å². The molecule has 0 saturated heterocycles. The van der Waals surface area contributed by atoms with Gasteiger partial charge in [0, 0.05) is 46.0 Å². The number of nitrogens with one attached hydrogen (secondary N) is 3. The van der Waals surface area contributed by atoms with E-state index in [2.05, 4.69) is 54.3 Å². The minimum Gasteiger partial charge on any atom is -0.494 e. The summed E-state index contributed by atoms with van der Waals surface area (Å²) in [7, 11) is 1.62. The Morgan fingerprint density at radius 1 is 1.19 bits per heavy atom. The first-order valence-electron chi connectivity index (χ1n) is 10.6. The number of aliphatic imine (C=N–C) groups is 1. The van der Waals surface area contributed by atoms with Crippen molar-refractivity contribution in [2.24, 2.45) is 4.99 Å². The fraction of sp³-hybridized carbons (Fsp3) is 0.320. The normalized spacial score (nSPS) is 15.6.